The van der Waals surface area contributed by atoms with Gasteiger partial charge >= 0.3 is 5.97 Å². The highest BCUT2D eigenvalue weighted by atomic mass is 16.4. The molecule has 0 radical (unpaired) electrons. The van der Waals surface area contributed by atoms with Gasteiger partial charge in [-0.1, -0.05) is 12.1 Å². The molecule has 1 fully saturated rings. The van der Waals surface area contributed by atoms with Crippen molar-refractivity contribution in [1.29, 1.82) is 0 Å². The van der Waals surface area contributed by atoms with E-state index in [9.17, 15) is 9.59 Å². The van der Waals surface area contributed by atoms with Gasteiger partial charge in [-0.2, -0.15) is 5.10 Å². The Labute approximate surface area is 128 Å². The average molecular weight is 299 g/mol. The van der Waals surface area contributed by atoms with Gasteiger partial charge in [0.1, 0.15) is 0 Å². The van der Waals surface area contributed by atoms with Crippen molar-refractivity contribution in [3.63, 3.8) is 0 Å². The number of nitrogens with zero attached hydrogens (tertiary/aromatic N) is 3. The van der Waals surface area contributed by atoms with Crippen LogP contribution in [0.3, 0.4) is 0 Å². The first kappa shape index (κ1) is 14.3. The highest BCUT2D eigenvalue weighted by Gasteiger charge is 2.29. The van der Waals surface area contributed by atoms with Gasteiger partial charge in [-0.15, -0.1) is 0 Å². The summed E-state index contributed by atoms with van der Waals surface area (Å²) in [5, 5.41) is 13.3. The fourth-order valence-electron chi connectivity index (χ4n) is 2.80. The van der Waals surface area contributed by atoms with Gasteiger partial charge in [0.25, 0.3) is 5.91 Å². The molecule has 0 bridgehead atoms. The maximum atomic E-state index is 12.8. The van der Waals surface area contributed by atoms with E-state index in [0.29, 0.717) is 30.6 Å². The molecule has 1 aromatic heterocycles. The molecular formula is C16H17N3O3. The minimum Gasteiger partial charge on any atom is -0.481 e. The van der Waals surface area contributed by atoms with Gasteiger partial charge in [0, 0.05) is 25.5 Å². The first-order chi connectivity index (χ1) is 10.7. The third kappa shape index (κ3) is 2.72. The lowest BCUT2D eigenvalue weighted by Crippen LogP contribution is -2.42. The lowest BCUT2D eigenvalue weighted by atomic mass is 9.97. The van der Waals surface area contributed by atoms with E-state index in [2.05, 4.69) is 5.10 Å². The second kappa shape index (κ2) is 6.01. The molecule has 1 atom stereocenters. The summed E-state index contributed by atoms with van der Waals surface area (Å²) >= 11 is 0. The van der Waals surface area contributed by atoms with Crippen LogP contribution >= 0.6 is 0 Å². The summed E-state index contributed by atoms with van der Waals surface area (Å²) in [5.74, 6) is -1.45. The predicted molar refractivity (Wildman–Crippen MR) is 79.8 cm³/mol. The fraction of sp³-hybridized carbons (Fsp3) is 0.312. The number of aliphatic carboxylic acids is 1. The largest absolute Gasteiger partial charge is 0.481 e. The molecule has 1 aromatic carbocycles. The number of piperidine rings is 1. The summed E-state index contributed by atoms with van der Waals surface area (Å²) in [7, 11) is 0. The Morgan fingerprint density at radius 3 is 2.77 bits per heavy atom. The Hall–Kier alpha value is -2.63. The molecule has 0 spiro atoms. The van der Waals surface area contributed by atoms with E-state index in [1.165, 1.54) is 0 Å². The Morgan fingerprint density at radius 2 is 2.05 bits per heavy atom. The Morgan fingerprint density at radius 1 is 1.23 bits per heavy atom. The highest BCUT2D eigenvalue weighted by Crippen LogP contribution is 2.21. The molecule has 1 aliphatic rings. The van der Waals surface area contributed by atoms with Crippen molar-refractivity contribution < 1.29 is 14.7 Å². The Balaban J connectivity index is 1.88. The van der Waals surface area contributed by atoms with Crippen molar-refractivity contribution in [2.75, 3.05) is 13.1 Å². The number of carbonyl (C=O) groups is 2. The predicted octanol–water partition coefficient (Wildman–Crippen LogP) is 1.81. The zero-order valence-corrected chi connectivity index (χ0v) is 12.1. The molecule has 22 heavy (non-hydrogen) atoms. The van der Waals surface area contributed by atoms with Crippen molar-refractivity contribution >= 4 is 11.9 Å². The summed E-state index contributed by atoms with van der Waals surface area (Å²) in [6, 6.07) is 9.04. The number of amides is 1. The van der Waals surface area contributed by atoms with Gasteiger partial charge in [-0.05, 0) is 31.0 Å². The Bertz CT molecular complexity index is 682. The molecule has 1 saturated heterocycles. The second-order valence-corrected chi connectivity index (χ2v) is 5.40. The first-order valence-corrected chi connectivity index (χ1v) is 7.28. The summed E-state index contributed by atoms with van der Waals surface area (Å²) in [5.41, 5.74) is 1.24. The van der Waals surface area contributed by atoms with Gasteiger partial charge in [-0.25, -0.2) is 4.68 Å². The van der Waals surface area contributed by atoms with Crippen molar-refractivity contribution in [2.45, 2.75) is 12.8 Å². The van der Waals surface area contributed by atoms with E-state index < -0.39 is 11.9 Å². The number of rotatable bonds is 3. The highest BCUT2D eigenvalue weighted by molar-refractivity contribution is 5.98. The number of hydrogen-bond acceptors (Lipinski definition) is 3. The van der Waals surface area contributed by atoms with Crippen LogP contribution < -0.4 is 0 Å². The summed E-state index contributed by atoms with van der Waals surface area (Å²) in [6.45, 7) is 0.859. The van der Waals surface area contributed by atoms with Crippen molar-refractivity contribution in [2.24, 2.45) is 5.92 Å². The van der Waals surface area contributed by atoms with Gasteiger partial charge in [0.2, 0.25) is 0 Å². The number of carboxylic acid groups (broad SMARTS) is 1. The van der Waals surface area contributed by atoms with Crippen LogP contribution in [0.25, 0.3) is 5.69 Å². The molecule has 1 aliphatic heterocycles. The molecule has 6 nitrogen and oxygen atoms in total. The maximum Gasteiger partial charge on any atom is 0.308 e. The number of carboxylic acids is 1. The molecule has 1 amide bonds. The van der Waals surface area contributed by atoms with Crippen molar-refractivity contribution in [1.82, 2.24) is 14.7 Å². The number of aromatic nitrogens is 2. The SMILES string of the molecule is O=C(O)C1CCCN(C(=O)c2ccccc2-n2cccn2)C1. The lowest BCUT2D eigenvalue weighted by molar-refractivity contribution is -0.143. The number of hydrogen-bond donors (Lipinski definition) is 1. The van der Waals surface area contributed by atoms with E-state index in [4.69, 9.17) is 5.11 Å². The van der Waals surface area contributed by atoms with E-state index in [1.54, 1.807) is 40.2 Å². The first-order valence-electron chi connectivity index (χ1n) is 7.28. The Kier molecular flexibility index (Phi) is 3.91. The van der Waals surface area contributed by atoms with Gasteiger partial charge in [0.15, 0.2) is 0 Å². The smallest absolute Gasteiger partial charge is 0.308 e. The molecule has 0 saturated carbocycles. The number of likely N-dealkylation sites (tertiary alicyclic amines) is 1. The molecule has 1 unspecified atom stereocenters. The van der Waals surface area contributed by atoms with E-state index in [-0.39, 0.29) is 12.5 Å². The lowest BCUT2D eigenvalue weighted by Gasteiger charge is -2.31. The van der Waals surface area contributed by atoms with Crippen LogP contribution in [0.15, 0.2) is 42.7 Å². The van der Waals surface area contributed by atoms with Crippen LogP contribution in [-0.2, 0) is 4.79 Å². The zero-order valence-electron chi connectivity index (χ0n) is 12.1. The number of carbonyl (C=O) groups excluding carboxylic acids is 1. The van der Waals surface area contributed by atoms with Crippen LogP contribution in [0.4, 0.5) is 0 Å². The minimum atomic E-state index is -0.835. The standard InChI is InChI=1S/C16H17N3O3/c20-15(18-9-3-5-12(11-18)16(21)22)13-6-1-2-7-14(13)19-10-4-8-17-19/h1-2,4,6-8,10,12H,3,5,9,11H2,(H,21,22). The van der Waals surface area contributed by atoms with Crippen molar-refractivity contribution in [3.05, 3.63) is 48.3 Å². The molecule has 2 aromatic rings. The number of para-hydroxylation sites is 1. The molecule has 114 valence electrons. The van der Waals surface area contributed by atoms with E-state index in [1.807, 2.05) is 12.1 Å². The van der Waals surface area contributed by atoms with Gasteiger partial charge in [0.05, 0.1) is 17.2 Å². The topological polar surface area (TPSA) is 75.4 Å². The third-order valence-corrected chi connectivity index (χ3v) is 3.94. The van der Waals surface area contributed by atoms with E-state index >= 15 is 0 Å². The number of benzene rings is 1. The minimum absolute atomic E-state index is 0.142. The molecule has 2 heterocycles. The quantitative estimate of drug-likeness (QED) is 0.938. The van der Waals surface area contributed by atoms with Crippen LogP contribution in [0.1, 0.15) is 23.2 Å². The fourth-order valence-corrected chi connectivity index (χ4v) is 2.80. The van der Waals surface area contributed by atoms with Gasteiger partial charge < -0.3 is 10.0 Å². The second-order valence-electron chi connectivity index (χ2n) is 5.40. The van der Waals surface area contributed by atoms with E-state index in [0.717, 1.165) is 0 Å². The molecule has 3 rings (SSSR count). The summed E-state index contributed by atoms with van der Waals surface area (Å²) < 4.78 is 1.64. The molecule has 1 N–H and O–H groups in total. The van der Waals surface area contributed by atoms with Crippen molar-refractivity contribution in [3.8, 4) is 5.69 Å². The van der Waals surface area contributed by atoms with Crippen LogP contribution in [0.5, 0.6) is 0 Å². The summed E-state index contributed by atoms with van der Waals surface area (Å²) in [4.78, 5) is 25.6. The van der Waals surface area contributed by atoms with Crippen LogP contribution in [0.2, 0.25) is 0 Å². The maximum absolute atomic E-state index is 12.8. The van der Waals surface area contributed by atoms with Crippen LogP contribution in [0, 0.1) is 5.92 Å². The van der Waals surface area contributed by atoms with Crippen LogP contribution in [-0.4, -0.2) is 44.8 Å². The molecular weight excluding hydrogens is 282 g/mol. The molecule has 6 heteroatoms. The van der Waals surface area contributed by atoms with Gasteiger partial charge in [-0.3, -0.25) is 9.59 Å². The molecule has 0 aliphatic carbocycles. The average Bonchev–Trinajstić information content (AvgIpc) is 3.08. The third-order valence-electron chi connectivity index (χ3n) is 3.94. The zero-order chi connectivity index (χ0) is 15.5. The summed E-state index contributed by atoms with van der Waals surface area (Å²) in [6.07, 6.45) is 4.78. The monoisotopic (exact) mass is 299 g/mol. The normalized spacial score (nSPS) is 18.2.